The highest BCUT2D eigenvalue weighted by molar-refractivity contribution is 7.90. The zero-order valence-electron chi connectivity index (χ0n) is 9.12. The molecule has 0 radical (unpaired) electrons. The van der Waals surface area contributed by atoms with Crippen LogP contribution in [0.15, 0.2) is 23.1 Å². The number of phenolic OH excluding ortho intramolecular Hbond substituents is 1. The number of carboxylic acids is 1. The number of aliphatic carboxylic acids is 1. The zero-order chi connectivity index (χ0) is 13.2. The molecule has 4 N–H and O–H groups in total. The molecule has 0 aliphatic rings. The monoisotopic (exact) mass is 259 g/mol. The van der Waals surface area contributed by atoms with Crippen molar-refractivity contribution in [1.29, 1.82) is 0 Å². The number of rotatable bonds is 4. The highest BCUT2D eigenvalue weighted by atomic mass is 32.2. The van der Waals surface area contributed by atoms with E-state index in [2.05, 4.69) is 0 Å². The van der Waals surface area contributed by atoms with Crippen molar-refractivity contribution < 1.29 is 23.4 Å². The molecule has 0 spiro atoms. The zero-order valence-corrected chi connectivity index (χ0v) is 9.94. The van der Waals surface area contributed by atoms with E-state index in [1.807, 2.05) is 0 Å². The van der Waals surface area contributed by atoms with E-state index in [1.54, 1.807) is 0 Å². The summed E-state index contributed by atoms with van der Waals surface area (Å²) in [6, 6.07) is 2.50. The van der Waals surface area contributed by atoms with Crippen LogP contribution in [0.4, 0.5) is 0 Å². The van der Waals surface area contributed by atoms with E-state index >= 15 is 0 Å². The molecule has 6 nitrogen and oxygen atoms in total. The van der Waals surface area contributed by atoms with Gasteiger partial charge in [-0.2, -0.15) is 0 Å². The van der Waals surface area contributed by atoms with Crippen molar-refractivity contribution in [2.24, 2.45) is 5.73 Å². The van der Waals surface area contributed by atoms with Crippen molar-refractivity contribution in [3.63, 3.8) is 0 Å². The summed E-state index contributed by atoms with van der Waals surface area (Å²) < 4.78 is 22.6. The van der Waals surface area contributed by atoms with Crippen molar-refractivity contribution in [2.75, 3.05) is 6.26 Å². The number of benzene rings is 1. The minimum Gasteiger partial charge on any atom is -0.508 e. The van der Waals surface area contributed by atoms with Gasteiger partial charge in [-0.15, -0.1) is 0 Å². The molecule has 0 amide bonds. The summed E-state index contributed by atoms with van der Waals surface area (Å²) in [7, 11) is -3.40. The van der Waals surface area contributed by atoms with Crippen LogP contribution in [0.25, 0.3) is 0 Å². The third-order valence-electron chi connectivity index (χ3n) is 2.24. The van der Waals surface area contributed by atoms with E-state index in [0.717, 1.165) is 6.26 Å². The van der Waals surface area contributed by atoms with Gasteiger partial charge in [0.15, 0.2) is 9.84 Å². The molecule has 1 unspecified atom stereocenters. The Hall–Kier alpha value is -1.60. The van der Waals surface area contributed by atoms with Crippen LogP contribution >= 0.6 is 0 Å². The minimum atomic E-state index is -3.40. The second kappa shape index (κ2) is 4.72. The second-order valence-corrected chi connectivity index (χ2v) is 5.73. The Labute approximate surface area is 98.6 Å². The van der Waals surface area contributed by atoms with Gasteiger partial charge in [0, 0.05) is 12.7 Å². The molecule has 0 saturated heterocycles. The molecule has 0 aromatic heterocycles. The molecular weight excluding hydrogens is 246 g/mol. The molecule has 17 heavy (non-hydrogen) atoms. The summed E-state index contributed by atoms with van der Waals surface area (Å²) in [6.45, 7) is 0. The number of aromatic hydroxyl groups is 1. The standard InChI is InChI=1S/C10H13NO5S/c1-17(15,16)7-2-3-9(12)6(4-7)5-8(11)10(13)14/h2-4,8,12H,5,11H2,1H3,(H,13,14). The number of hydrogen-bond donors (Lipinski definition) is 3. The van der Waals surface area contributed by atoms with Gasteiger partial charge >= 0.3 is 5.97 Å². The maximum absolute atomic E-state index is 11.3. The summed E-state index contributed by atoms with van der Waals surface area (Å²) in [6.07, 6.45) is 0.894. The molecule has 7 heteroatoms. The van der Waals surface area contributed by atoms with Crippen LogP contribution in [0, 0.1) is 0 Å². The van der Waals surface area contributed by atoms with Crippen molar-refractivity contribution in [3.8, 4) is 5.75 Å². The Bertz CT molecular complexity index is 538. The number of carbonyl (C=O) groups is 1. The predicted octanol–water partition coefficient (Wildman–Crippen LogP) is -0.250. The first-order chi connectivity index (χ1) is 7.71. The van der Waals surface area contributed by atoms with Gasteiger partial charge < -0.3 is 15.9 Å². The van der Waals surface area contributed by atoms with Gasteiger partial charge in [0.05, 0.1) is 4.90 Å². The lowest BCUT2D eigenvalue weighted by Gasteiger charge is -2.09. The Kier molecular flexibility index (Phi) is 3.74. The minimum absolute atomic E-state index is 0.0166. The van der Waals surface area contributed by atoms with Crippen molar-refractivity contribution >= 4 is 15.8 Å². The number of carboxylic acid groups (broad SMARTS) is 1. The number of sulfone groups is 1. The van der Waals surface area contributed by atoms with Gasteiger partial charge in [-0.3, -0.25) is 4.79 Å². The third kappa shape index (κ3) is 3.43. The van der Waals surface area contributed by atoms with E-state index in [9.17, 15) is 18.3 Å². The van der Waals surface area contributed by atoms with Crippen LogP contribution in [0.5, 0.6) is 5.75 Å². The van der Waals surface area contributed by atoms with Gasteiger partial charge in [0.25, 0.3) is 0 Å². The first-order valence-electron chi connectivity index (χ1n) is 4.72. The van der Waals surface area contributed by atoms with Gasteiger partial charge in [0.1, 0.15) is 11.8 Å². The number of nitrogens with two attached hydrogens (primary N) is 1. The lowest BCUT2D eigenvalue weighted by atomic mass is 10.1. The van der Waals surface area contributed by atoms with Gasteiger partial charge in [-0.05, 0) is 23.8 Å². The molecule has 1 rings (SSSR count). The van der Waals surface area contributed by atoms with E-state index in [0.29, 0.717) is 0 Å². The van der Waals surface area contributed by atoms with Crippen LogP contribution in [-0.2, 0) is 21.1 Å². The quantitative estimate of drug-likeness (QED) is 0.686. The Balaban J connectivity index is 3.12. The van der Waals surface area contributed by atoms with Gasteiger partial charge in [0.2, 0.25) is 0 Å². The lowest BCUT2D eigenvalue weighted by Crippen LogP contribution is -2.32. The molecule has 0 saturated carbocycles. The maximum Gasteiger partial charge on any atom is 0.320 e. The molecule has 94 valence electrons. The van der Waals surface area contributed by atoms with Crippen LogP contribution < -0.4 is 5.73 Å². The fourth-order valence-corrected chi connectivity index (χ4v) is 1.95. The average Bonchev–Trinajstić information content (AvgIpc) is 2.19. The van der Waals surface area contributed by atoms with Crippen molar-refractivity contribution in [1.82, 2.24) is 0 Å². The van der Waals surface area contributed by atoms with Crippen LogP contribution in [0.2, 0.25) is 0 Å². The Morgan fingerprint density at radius 1 is 1.47 bits per heavy atom. The molecular formula is C10H13NO5S. The summed E-state index contributed by atoms with van der Waals surface area (Å²) >= 11 is 0. The smallest absolute Gasteiger partial charge is 0.320 e. The molecule has 0 fully saturated rings. The fraction of sp³-hybridized carbons (Fsp3) is 0.300. The number of hydrogen-bond acceptors (Lipinski definition) is 5. The van der Waals surface area contributed by atoms with Crippen LogP contribution in [-0.4, -0.2) is 36.9 Å². The molecule has 0 heterocycles. The highest BCUT2D eigenvalue weighted by Gasteiger charge is 2.16. The normalized spacial score (nSPS) is 13.3. The summed E-state index contributed by atoms with van der Waals surface area (Å²) in [5.41, 5.74) is 5.51. The summed E-state index contributed by atoms with van der Waals surface area (Å²) in [5, 5.41) is 18.1. The number of phenols is 1. The second-order valence-electron chi connectivity index (χ2n) is 3.71. The third-order valence-corrected chi connectivity index (χ3v) is 3.35. The molecule has 0 bridgehead atoms. The molecule has 0 aliphatic carbocycles. The Morgan fingerprint density at radius 3 is 2.53 bits per heavy atom. The van der Waals surface area contributed by atoms with E-state index in [1.165, 1.54) is 18.2 Å². The highest BCUT2D eigenvalue weighted by Crippen LogP contribution is 2.22. The Morgan fingerprint density at radius 2 is 2.06 bits per heavy atom. The van der Waals surface area contributed by atoms with E-state index in [-0.39, 0.29) is 22.6 Å². The molecule has 1 aromatic carbocycles. The van der Waals surface area contributed by atoms with E-state index < -0.39 is 21.8 Å². The van der Waals surface area contributed by atoms with Crippen LogP contribution in [0.3, 0.4) is 0 Å². The van der Waals surface area contributed by atoms with Gasteiger partial charge in [-0.1, -0.05) is 0 Å². The SMILES string of the molecule is CS(=O)(=O)c1ccc(O)c(CC(N)C(=O)O)c1. The molecule has 0 aliphatic heterocycles. The topological polar surface area (TPSA) is 118 Å². The van der Waals surface area contributed by atoms with E-state index in [4.69, 9.17) is 10.8 Å². The van der Waals surface area contributed by atoms with Crippen LogP contribution in [0.1, 0.15) is 5.56 Å². The lowest BCUT2D eigenvalue weighted by molar-refractivity contribution is -0.138. The largest absolute Gasteiger partial charge is 0.508 e. The summed E-state index contributed by atoms with van der Waals surface area (Å²) in [4.78, 5) is 10.6. The maximum atomic E-state index is 11.3. The average molecular weight is 259 g/mol. The fourth-order valence-electron chi connectivity index (χ4n) is 1.28. The first kappa shape index (κ1) is 13.5. The summed E-state index contributed by atoms with van der Waals surface area (Å²) in [5.74, 6) is -1.39. The molecule has 1 aromatic rings. The van der Waals surface area contributed by atoms with Crippen molar-refractivity contribution in [3.05, 3.63) is 23.8 Å². The van der Waals surface area contributed by atoms with Gasteiger partial charge in [-0.25, -0.2) is 8.42 Å². The first-order valence-corrected chi connectivity index (χ1v) is 6.61. The molecule has 1 atom stereocenters. The van der Waals surface area contributed by atoms with Crippen molar-refractivity contribution in [2.45, 2.75) is 17.4 Å². The predicted molar refractivity (Wildman–Crippen MR) is 60.5 cm³/mol.